The molecule has 0 aromatic rings. The van der Waals surface area contributed by atoms with E-state index in [1.54, 1.807) is 0 Å². The second kappa shape index (κ2) is 6.36. The predicted octanol–water partition coefficient (Wildman–Crippen LogP) is 2.36. The Morgan fingerprint density at radius 3 is 1.78 bits per heavy atom. The van der Waals surface area contributed by atoms with E-state index in [-0.39, 0.29) is 0 Å². The molecule has 2 aliphatic rings. The van der Waals surface area contributed by atoms with Gasteiger partial charge >= 0.3 is 0 Å². The molecule has 1 unspecified atom stereocenters. The fourth-order valence-corrected chi connectivity index (χ4v) is 3.13. The monoisotopic (exact) mass is 254 g/mol. The topological polar surface area (TPSA) is 15.7 Å². The van der Waals surface area contributed by atoms with Crippen molar-refractivity contribution in [1.29, 1.82) is 0 Å². The Morgan fingerprint density at radius 2 is 1.28 bits per heavy atom. The largest absolute Gasteiger partial charge is 0.374 e. The van der Waals surface area contributed by atoms with Crippen LogP contribution < -0.4 is 0 Å². The molecule has 1 atom stereocenters. The lowest BCUT2D eigenvalue weighted by Crippen LogP contribution is -2.42. The zero-order valence-corrected chi connectivity index (χ0v) is 12.6. The molecule has 0 amide bonds. The van der Waals surface area contributed by atoms with E-state index in [9.17, 15) is 0 Å². The van der Waals surface area contributed by atoms with Crippen LogP contribution in [-0.4, -0.2) is 60.3 Å². The third kappa shape index (κ3) is 3.69. The van der Waals surface area contributed by atoms with Gasteiger partial charge in [-0.25, -0.2) is 0 Å². The number of rotatable bonds is 4. The summed E-state index contributed by atoms with van der Waals surface area (Å²) in [4.78, 5) is 5.10. The molecule has 0 bridgehead atoms. The van der Waals surface area contributed by atoms with Crippen LogP contribution in [-0.2, 0) is 4.74 Å². The predicted molar refractivity (Wildman–Crippen MR) is 75.9 cm³/mol. The highest BCUT2D eigenvalue weighted by Gasteiger charge is 2.29. The summed E-state index contributed by atoms with van der Waals surface area (Å²) >= 11 is 0. The summed E-state index contributed by atoms with van der Waals surface area (Å²) in [6, 6.07) is 1.36. The first-order valence-corrected chi connectivity index (χ1v) is 7.70. The van der Waals surface area contributed by atoms with Crippen molar-refractivity contribution in [3.63, 3.8) is 0 Å². The minimum absolute atomic E-state index is 0.489. The summed E-state index contributed by atoms with van der Waals surface area (Å²) in [5.41, 5.74) is 0. The second-order valence-electron chi connectivity index (χ2n) is 6.46. The zero-order valence-electron chi connectivity index (χ0n) is 12.6. The summed E-state index contributed by atoms with van der Waals surface area (Å²) in [7, 11) is 0. The maximum absolute atomic E-state index is 6.29. The van der Waals surface area contributed by atoms with Gasteiger partial charge in [0.1, 0.15) is 0 Å². The SMILES string of the molecule is CC(C)N1CCC(OC2CCN(C(C)C)C2)CC1. The normalized spacial score (nSPS) is 28.7. The first-order valence-electron chi connectivity index (χ1n) is 7.70. The highest BCUT2D eigenvalue weighted by atomic mass is 16.5. The summed E-state index contributed by atoms with van der Waals surface area (Å²) < 4.78 is 6.29. The van der Waals surface area contributed by atoms with E-state index in [0.717, 1.165) is 6.54 Å². The van der Waals surface area contributed by atoms with Gasteiger partial charge in [-0.05, 0) is 47.0 Å². The molecular weight excluding hydrogens is 224 g/mol. The first kappa shape index (κ1) is 14.3. The lowest BCUT2D eigenvalue weighted by molar-refractivity contribution is -0.0418. The van der Waals surface area contributed by atoms with Crippen LogP contribution in [0.3, 0.4) is 0 Å². The van der Waals surface area contributed by atoms with Gasteiger partial charge in [-0.3, -0.25) is 4.90 Å². The van der Waals surface area contributed by atoms with Gasteiger partial charge in [0.2, 0.25) is 0 Å². The Labute approximate surface area is 112 Å². The molecule has 3 heteroatoms. The molecule has 2 heterocycles. The van der Waals surface area contributed by atoms with E-state index in [0.29, 0.717) is 24.3 Å². The Morgan fingerprint density at radius 1 is 0.778 bits per heavy atom. The maximum atomic E-state index is 6.29. The van der Waals surface area contributed by atoms with Crippen molar-refractivity contribution in [2.75, 3.05) is 26.2 Å². The smallest absolute Gasteiger partial charge is 0.0718 e. The van der Waals surface area contributed by atoms with Crippen LogP contribution in [0.1, 0.15) is 47.0 Å². The number of ether oxygens (including phenoxy) is 1. The average molecular weight is 254 g/mol. The van der Waals surface area contributed by atoms with Gasteiger partial charge in [0.25, 0.3) is 0 Å². The van der Waals surface area contributed by atoms with Crippen LogP contribution in [0.2, 0.25) is 0 Å². The molecule has 0 spiro atoms. The Bertz CT molecular complexity index is 247. The number of nitrogens with zero attached hydrogens (tertiary/aromatic N) is 2. The third-order valence-corrected chi connectivity index (χ3v) is 4.50. The van der Waals surface area contributed by atoms with Gasteiger partial charge in [-0.2, -0.15) is 0 Å². The van der Waals surface area contributed by atoms with Crippen molar-refractivity contribution in [3.8, 4) is 0 Å². The zero-order chi connectivity index (χ0) is 13.1. The standard InChI is InChI=1S/C15H30N2O/c1-12(2)16-8-5-14(6-9-16)18-15-7-10-17(11-15)13(3)4/h12-15H,5-11H2,1-4H3. The van der Waals surface area contributed by atoms with Crippen LogP contribution in [0, 0.1) is 0 Å². The Kier molecular flexibility index (Phi) is 5.05. The molecule has 0 aromatic carbocycles. The number of hydrogen-bond acceptors (Lipinski definition) is 3. The van der Waals surface area contributed by atoms with Crippen LogP contribution >= 0.6 is 0 Å². The molecule has 0 aromatic heterocycles. The van der Waals surface area contributed by atoms with E-state index in [1.807, 2.05) is 0 Å². The van der Waals surface area contributed by atoms with Crippen LogP contribution in [0.15, 0.2) is 0 Å². The van der Waals surface area contributed by atoms with Gasteiger partial charge in [0.05, 0.1) is 12.2 Å². The third-order valence-electron chi connectivity index (χ3n) is 4.50. The van der Waals surface area contributed by atoms with E-state index in [4.69, 9.17) is 4.74 Å². The molecule has 0 radical (unpaired) electrons. The number of likely N-dealkylation sites (tertiary alicyclic amines) is 2. The van der Waals surface area contributed by atoms with Crippen LogP contribution in [0.25, 0.3) is 0 Å². The van der Waals surface area contributed by atoms with Gasteiger partial charge in [0.15, 0.2) is 0 Å². The van der Waals surface area contributed by atoms with Crippen molar-refractivity contribution in [3.05, 3.63) is 0 Å². The fourth-order valence-electron chi connectivity index (χ4n) is 3.13. The molecule has 18 heavy (non-hydrogen) atoms. The molecule has 2 rings (SSSR count). The average Bonchev–Trinajstić information content (AvgIpc) is 2.78. The quantitative estimate of drug-likeness (QED) is 0.766. The lowest BCUT2D eigenvalue weighted by Gasteiger charge is -2.35. The lowest BCUT2D eigenvalue weighted by atomic mass is 10.1. The van der Waals surface area contributed by atoms with E-state index in [1.165, 1.54) is 38.9 Å². The second-order valence-corrected chi connectivity index (χ2v) is 6.46. The minimum atomic E-state index is 0.489. The summed E-state index contributed by atoms with van der Waals surface area (Å²) in [5, 5.41) is 0. The van der Waals surface area contributed by atoms with Gasteiger partial charge in [0, 0.05) is 38.3 Å². The van der Waals surface area contributed by atoms with E-state index >= 15 is 0 Å². The molecule has 0 N–H and O–H groups in total. The van der Waals surface area contributed by atoms with Gasteiger partial charge in [-0.15, -0.1) is 0 Å². The Balaban J connectivity index is 1.69. The van der Waals surface area contributed by atoms with Crippen molar-refractivity contribution in [2.24, 2.45) is 0 Å². The van der Waals surface area contributed by atoms with Gasteiger partial charge in [-0.1, -0.05) is 0 Å². The molecule has 2 aliphatic heterocycles. The number of piperidine rings is 1. The maximum Gasteiger partial charge on any atom is 0.0718 e. The van der Waals surface area contributed by atoms with Crippen molar-refractivity contribution >= 4 is 0 Å². The van der Waals surface area contributed by atoms with E-state index < -0.39 is 0 Å². The molecule has 2 fully saturated rings. The van der Waals surface area contributed by atoms with Gasteiger partial charge < -0.3 is 9.64 Å². The molecule has 0 aliphatic carbocycles. The van der Waals surface area contributed by atoms with Crippen molar-refractivity contribution < 1.29 is 4.74 Å². The fraction of sp³-hybridized carbons (Fsp3) is 1.00. The molecule has 2 saturated heterocycles. The van der Waals surface area contributed by atoms with Crippen LogP contribution in [0.5, 0.6) is 0 Å². The number of hydrogen-bond donors (Lipinski definition) is 0. The van der Waals surface area contributed by atoms with Crippen molar-refractivity contribution in [1.82, 2.24) is 9.80 Å². The summed E-state index contributed by atoms with van der Waals surface area (Å²) in [5.74, 6) is 0. The van der Waals surface area contributed by atoms with Crippen molar-refractivity contribution in [2.45, 2.75) is 71.2 Å². The Hall–Kier alpha value is -0.120. The minimum Gasteiger partial charge on any atom is -0.374 e. The molecule has 106 valence electrons. The first-order chi connectivity index (χ1) is 8.56. The molecular formula is C15H30N2O. The molecule has 3 nitrogen and oxygen atoms in total. The van der Waals surface area contributed by atoms with Crippen LogP contribution in [0.4, 0.5) is 0 Å². The van der Waals surface area contributed by atoms with E-state index in [2.05, 4.69) is 37.5 Å². The summed E-state index contributed by atoms with van der Waals surface area (Å²) in [6.45, 7) is 13.9. The highest BCUT2D eigenvalue weighted by Crippen LogP contribution is 2.22. The molecule has 0 saturated carbocycles. The highest BCUT2D eigenvalue weighted by molar-refractivity contribution is 4.81. The summed E-state index contributed by atoms with van der Waals surface area (Å²) in [6.07, 6.45) is 4.66.